The second-order valence-electron chi connectivity index (χ2n) is 13.1. The minimum absolute atomic E-state index is 0.0850. The van der Waals surface area contributed by atoms with Crippen molar-refractivity contribution in [2.24, 2.45) is 0 Å². The first kappa shape index (κ1) is 34.7. The maximum atomic E-state index is 6.34. The van der Waals surface area contributed by atoms with Crippen LogP contribution >= 0.6 is 0 Å². The van der Waals surface area contributed by atoms with Crippen LogP contribution in [-0.2, 0) is 10.4 Å². The Kier molecular flexibility index (Phi) is 13.6. The van der Waals surface area contributed by atoms with Crippen LogP contribution in [0.3, 0.4) is 0 Å². The predicted molar refractivity (Wildman–Crippen MR) is 170 cm³/mol. The summed E-state index contributed by atoms with van der Waals surface area (Å²) < 4.78 is 0. The predicted octanol–water partition coefficient (Wildman–Crippen LogP) is 7.41. The Hall–Kier alpha value is -1.51. The number of hydroxylamine groups is 2. The maximum Gasteiger partial charge on any atom is 0.230 e. The largest absolute Gasteiger partial charge is 0.354 e. The van der Waals surface area contributed by atoms with E-state index in [1.807, 2.05) is 0 Å². The molecule has 0 bridgehead atoms. The fourth-order valence-electron chi connectivity index (χ4n) is 6.63. The molecule has 0 amide bonds. The highest BCUT2D eigenvalue weighted by atomic mass is 16.7. The van der Waals surface area contributed by atoms with Crippen molar-refractivity contribution in [1.29, 1.82) is 0 Å². The van der Waals surface area contributed by atoms with Gasteiger partial charge in [-0.3, -0.25) is 9.74 Å². The molecule has 0 saturated carbocycles. The van der Waals surface area contributed by atoms with Gasteiger partial charge in [0.05, 0.1) is 12.1 Å². The fourth-order valence-corrected chi connectivity index (χ4v) is 6.63. The summed E-state index contributed by atoms with van der Waals surface area (Å²) in [6.07, 6.45) is 10.6. The number of nitrogens with one attached hydrogen (secondary N) is 1. The summed E-state index contributed by atoms with van der Waals surface area (Å²) >= 11 is 0. The Morgan fingerprint density at radius 3 is 1.90 bits per heavy atom. The SMILES string of the molecule is CCCCN(CCCC)c1nc(NCCC)nc(C(CC)(CC)N(C)C2CC(C)(C)N(OCCC)C(C)(C)C2)n1. The van der Waals surface area contributed by atoms with Crippen LogP contribution in [0, 0.1) is 0 Å². The quantitative estimate of drug-likeness (QED) is 0.199. The van der Waals surface area contributed by atoms with Crippen LogP contribution in [0.2, 0.25) is 0 Å². The van der Waals surface area contributed by atoms with Crippen molar-refractivity contribution >= 4 is 11.9 Å². The van der Waals surface area contributed by atoms with Crippen molar-refractivity contribution in [2.75, 3.05) is 43.5 Å². The van der Waals surface area contributed by atoms with Crippen LogP contribution in [0.5, 0.6) is 0 Å². The van der Waals surface area contributed by atoms with Crippen LogP contribution in [0.15, 0.2) is 0 Å². The van der Waals surface area contributed by atoms with Gasteiger partial charge < -0.3 is 10.2 Å². The Balaban J connectivity index is 2.56. The maximum absolute atomic E-state index is 6.34. The second-order valence-corrected chi connectivity index (χ2v) is 13.1. The summed E-state index contributed by atoms with van der Waals surface area (Å²) in [5.41, 5.74) is -0.457. The van der Waals surface area contributed by atoms with Gasteiger partial charge >= 0.3 is 0 Å². The lowest BCUT2D eigenvalue weighted by molar-refractivity contribution is -0.290. The number of hydrogen-bond donors (Lipinski definition) is 1. The van der Waals surface area contributed by atoms with Crippen LogP contribution < -0.4 is 10.2 Å². The molecule has 0 aromatic carbocycles. The molecule has 0 spiro atoms. The van der Waals surface area contributed by atoms with Crippen molar-refractivity contribution < 1.29 is 4.84 Å². The van der Waals surface area contributed by atoms with E-state index in [-0.39, 0.29) is 16.6 Å². The summed E-state index contributed by atoms with van der Waals surface area (Å²) in [6, 6.07) is 0.370. The molecule has 1 saturated heterocycles. The molecule has 1 aromatic rings. The molecule has 0 aliphatic carbocycles. The molecule has 1 fully saturated rings. The van der Waals surface area contributed by atoms with Crippen molar-refractivity contribution in [3.8, 4) is 0 Å². The van der Waals surface area contributed by atoms with E-state index < -0.39 is 0 Å². The van der Waals surface area contributed by atoms with Gasteiger partial charge in [-0.2, -0.15) is 20.0 Å². The van der Waals surface area contributed by atoms with Gasteiger partial charge in [-0.05, 0) is 86.1 Å². The molecule has 0 radical (unpaired) electrons. The monoisotopic (exact) mass is 562 g/mol. The fraction of sp³-hybridized carbons (Fsp3) is 0.906. The lowest BCUT2D eigenvalue weighted by Gasteiger charge is -2.57. The van der Waals surface area contributed by atoms with Gasteiger partial charge in [0.25, 0.3) is 0 Å². The lowest BCUT2D eigenvalue weighted by atomic mass is 9.76. The topological polar surface area (TPSA) is 69.7 Å². The summed E-state index contributed by atoms with van der Waals surface area (Å²) in [4.78, 5) is 26.7. The highest BCUT2D eigenvalue weighted by Crippen LogP contribution is 2.44. The van der Waals surface area contributed by atoms with Gasteiger partial charge in [0.2, 0.25) is 11.9 Å². The van der Waals surface area contributed by atoms with Crippen LogP contribution in [0.4, 0.5) is 11.9 Å². The molecular formula is C32H63N7O. The molecule has 1 aliphatic rings. The molecular weight excluding hydrogens is 498 g/mol. The van der Waals surface area contributed by atoms with Gasteiger partial charge in [0, 0.05) is 36.8 Å². The minimum atomic E-state index is -0.287. The minimum Gasteiger partial charge on any atom is -0.354 e. The number of unbranched alkanes of at least 4 members (excludes halogenated alkanes) is 2. The third kappa shape index (κ3) is 8.28. The van der Waals surface area contributed by atoms with Gasteiger partial charge in [0.1, 0.15) is 0 Å². The normalized spacial score (nSPS) is 17.9. The van der Waals surface area contributed by atoms with E-state index in [0.717, 1.165) is 102 Å². The standard InChI is InChI=1S/C32H63N7O/c1-12-18-21-38(22-19-13-2)29-35-27(34-28(36-29)33-20-14-3)32(16-5,17-6)37(11)26-24-30(7,8)39(40-23-15-4)31(9,10)25-26/h26H,12-25H2,1-11H3,(H,33,34,35,36). The summed E-state index contributed by atoms with van der Waals surface area (Å²) in [7, 11) is 2.31. The van der Waals surface area contributed by atoms with Crippen molar-refractivity contribution in [3.05, 3.63) is 5.82 Å². The Labute approximate surface area is 247 Å². The first-order chi connectivity index (χ1) is 19.0. The van der Waals surface area contributed by atoms with Gasteiger partial charge in [-0.25, -0.2) is 0 Å². The lowest BCUT2D eigenvalue weighted by Crippen LogP contribution is -2.65. The molecule has 0 atom stereocenters. The second kappa shape index (κ2) is 15.6. The Morgan fingerprint density at radius 2 is 1.43 bits per heavy atom. The van der Waals surface area contributed by atoms with E-state index in [1.165, 1.54) is 0 Å². The first-order valence-corrected chi connectivity index (χ1v) is 16.4. The third-order valence-electron chi connectivity index (χ3n) is 8.81. The highest BCUT2D eigenvalue weighted by molar-refractivity contribution is 5.38. The highest BCUT2D eigenvalue weighted by Gasteiger charge is 2.51. The zero-order valence-corrected chi connectivity index (χ0v) is 28.1. The molecule has 8 heteroatoms. The smallest absolute Gasteiger partial charge is 0.230 e. The van der Waals surface area contributed by atoms with Crippen LogP contribution in [-0.4, -0.2) is 75.3 Å². The molecule has 2 heterocycles. The van der Waals surface area contributed by atoms with E-state index in [0.29, 0.717) is 12.0 Å². The van der Waals surface area contributed by atoms with E-state index >= 15 is 0 Å². The molecule has 40 heavy (non-hydrogen) atoms. The molecule has 0 unspecified atom stereocenters. The molecule has 232 valence electrons. The summed E-state index contributed by atoms with van der Waals surface area (Å²) in [6.45, 7) is 26.3. The zero-order chi connectivity index (χ0) is 30.0. The average Bonchev–Trinajstić information content (AvgIpc) is 2.91. The third-order valence-corrected chi connectivity index (χ3v) is 8.81. The van der Waals surface area contributed by atoms with Crippen LogP contribution in [0.1, 0.15) is 139 Å². The number of anilines is 2. The van der Waals surface area contributed by atoms with E-state index in [2.05, 4.69) is 96.5 Å². The van der Waals surface area contributed by atoms with Crippen molar-refractivity contribution in [2.45, 2.75) is 156 Å². The Morgan fingerprint density at radius 1 is 0.850 bits per heavy atom. The molecule has 1 aliphatic heterocycles. The Bertz CT molecular complexity index is 845. The molecule has 1 aromatic heterocycles. The number of piperidine rings is 1. The number of hydrogen-bond acceptors (Lipinski definition) is 8. The summed E-state index contributed by atoms with van der Waals surface area (Å²) in [5.74, 6) is 2.44. The average molecular weight is 562 g/mol. The zero-order valence-electron chi connectivity index (χ0n) is 28.1. The van der Waals surface area contributed by atoms with E-state index in [9.17, 15) is 0 Å². The van der Waals surface area contributed by atoms with Crippen LogP contribution in [0.25, 0.3) is 0 Å². The number of rotatable bonds is 18. The van der Waals surface area contributed by atoms with E-state index in [4.69, 9.17) is 19.8 Å². The molecule has 2 rings (SSSR count). The molecule has 8 nitrogen and oxygen atoms in total. The van der Waals surface area contributed by atoms with E-state index in [1.54, 1.807) is 0 Å². The van der Waals surface area contributed by atoms with Crippen molar-refractivity contribution in [1.82, 2.24) is 24.9 Å². The first-order valence-electron chi connectivity index (χ1n) is 16.4. The molecule has 1 N–H and O–H groups in total. The van der Waals surface area contributed by atoms with Gasteiger partial charge in [-0.15, -0.1) is 0 Å². The van der Waals surface area contributed by atoms with Gasteiger partial charge in [-0.1, -0.05) is 54.4 Å². The number of aromatic nitrogens is 3. The number of nitrogens with zero attached hydrogens (tertiary/aromatic N) is 6. The van der Waals surface area contributed by atoms with Crippen molar-refractivity contribution in [3.63, 3.8) is 0 Å². The summed E-state index contributed by atoms with van der Waals surface area (Å²) in [5, 5.41) is 5.78. The van der Waals surface area contributed by atoms with Gasteiger partial charge in [0.15, 0.2) is 5.82 Å².